The normalized spacial score (nSPS) is 10.4. The van der Waals surface area contributed by atoms with Gasteiger partial charge in [0.25, 0.3) is 0 Å². The monoisotopic (exact) mass is 214 g/mol. The van der Waals surface area contributed by atoms with Gasteiger partial charge in [0.1, 0.15) is 5.75 Å². The lowest BCUT2D eigenvalue weighted by Crippen LogP contribution is -1.98. The lowest BCUT2D eigenvalue weighted by atomic mass is 9.95. The number of aldehydes is 1. The summed E-state index contributed by atoms with van der Waals surface area (Å²) in [6.45, 7) is 3.89. The van der Waals surface area contributed by atoms with Gasteiger partial charge >= 0.3 is 0 Å². The summed E-state index contributed by atoms with van der Waals surface area (Å²) in [6.07, 6.45) is 0.902. The fourth-order valence-corrected chi connectivity index (χ4v) is 2.20. The van der Waals surface area contributed by atoms with Crippen molar-refractivity contribution < 1.29 is 9.53 Å². The number of carbonyl (C=O) groups is 1. The number of aryl methyl sites for hydroxylation is 1. The molecule has 16 heavy (non-hydrogen) atoms. The summed E-state index contributed by atoms with van der Waals surface area (Å²) in [5.74, 6) is 0.795. The van der Waals surface area contributed by atoms with Crippen LogP contribution in [0.3, 0.4) is 0 Å². The van der Waals surface area contributed by atoms with E-state index in [1.165, 1.54) is 0 Å². The zero-order valence-corrected chi connectivity index (χ0v) is 9.70. The van der Waals surface area contributed by atoms with Crippen molar-refractivity contribution >= 4 is 17.1 Å². The van der Waals surface area contributed by atoms with Crippen LogP contribution in [0.5, 0.6) is 5.75 Å². The summed E-state index contributed by atoms with van der Waals surface area (Å²) in [5, 5.41) is 2.14. The van der Waals surface area contributed by atoms with Crippen LogP contribution in [0, 0.1) is 13.8 Å². The summed E-state index contributed by atoms with van der Waals surface area (Å²) in [7, 11) is 1.64. The van der Waals surface area contributed by atoms with Crippen LogP contribution in [0.15, 0.2) is 24.3 Å². The molecule has 0 atom stereocenters. The highest BCUT2D eigenvalue weighted by molar-refractivity contribution is 5.99. The van der Waals surface area contributed by atoms with E-state index >= 15 is 0 Å². The van der Waals surface area contributed by atoms with E-state index in [0.29, 0.717) is 0 Å². The molecule has 0 unspecified atom stereocenters. The van der Waals surface area contributed by atoms with Crippen molar-refractivity contribution in [3.63, 3.8) is 0 Å². The van der Waals surface area contributed by atoms with Crippen LogP contribution < -0.4 is 4.74 Å². The third kappa shape index (κ3) is 1.38. The summed E-state index contributed by atoms with van der Waals surface area (Å²) in [5.41, 5.74) is 2.66. The van der Waals surface area contributed by atoms with Crippen LogP contribution >= 0.6 is 0 Å². The van der Waals surface area contributed by atoms with Gasteiger partial charge in [-0.2, -0.15) is 0 Å². The van der Waals surface area contributed by atoms with Gasteiger partial charge in [-0.15, -0.1) is 0 Å². The molecule has 0 aliphatic rings. The standard InChI is InChI=1S/C14H14O2/c1-9-11-6-4-5-7-12(11)14(16-3)10(2)13(9)8-15/h4-8H,1-3H3. The molecule has 2 rings (SSSR count). The minimum Gasteiger partial charge on any atom is -0.496 e. The van der Waals surface area contributed by atoms with E-state index in [1.807, 2.05) is 38.1 Å². The number of carbonyl (C=O) groups excluding carboxylic acids is 1. The van der Waals surface area contributed by atoms with Gasteiger partial charge in [0.2, 0.25) is 0 Å². The molecular formula is C14H14O2. The Bertz CT molecular complexity index is 556. The van der Waals surface area contributed by atoms with Crippen LogP contribution in [0.1, 0.15) is 21.5 Å². The lowest BCUT2D eigenvalue weighted by Gasteiger charge is -2.14. The number of rotatable bonds is 2. The van der Waals surface area contributed by atoms with E-state index in [4.69, 9.17) is 4.74 Å². The second kappa shape index (κ2) is 3.97. The molecule has 0 radical (unpaired) electrons. The second-order valence-electron chi connectivity index (χ2n) is 3.86. The molecule has 0 saturated heterocycles. The Morgan fingerprint density at radius 1 is 1.06 bits per heavy atom. The molecule has 0 N–H and O–H groups in total. The number of methoxy groups -OCH3 is 1. The molecule has 2 nitrogen and oxygen atoms in total. The fourth-order valence-electron chi connectivity index (χ4n) is 2.20. The number of hydrogen-bond acceptors (Lipinski definition) is 2. The molecule has 0 aromatic heterocycles. The molecular weight excluding hydrogens is 200 g/mol. The predicted octanol–water partition coefficient (Wildman–Crippen LogP) is 3.28. The molecule has 0 aliphatic carbocycles. The predicted molar refractivity (Wildman–Crippen MR) is 65.4 cm³/mol. The molecule has 0 bridgehead atoms. The molecule has 2 aromatic rings. The van der Waals surface area contributed by atoms with E-state index in [1.54, 1.807) is 7.11 Å². The van der Waals surface area contributed by atoms with Gasteiger partial charge in [-0.3, -0.25) is 4.79 Å². The second-order valence-corrected chi connectivity index (χ2v) is 3.86. The summed E-state index contributed by atoms with van der Waals surface area (Å²) < 4.78 is 5.40. The number of hydrogen-bond donors (Lipinski definition) is 0. The Morgan fingerprint density at radius 2 is 1.69 bits per heavy atom. The maximum absolute atomic E-state index is 11.1. The average Bonchev–Trinajstić information content (AvgIpc) is 2.30. The zero-order chi connectivity index (χ0) is 11.7. The van der Waals surface area contributed by atoms with E-state index in [0.717, 1.165) is 39.5 Å². The first-order valence-corrected chi connectivity index (χ1v) is 5.21. The third-order valence-electron chi connectivity index (χ3n) is 3.05. The number of benzene rings is 2. The van der Waals surface area contributed by atoms with Gasteiger partial charge in [-0.05, 0) is 24.8 Å². The Morgan fingerprint density at radius 3 is 2.25 bits per heavy atom. The van der Waals surface area contributed by atoms with E-state index in [-0.39, 0.29) is 0 Å². The minimum atomic E-state index is 0.732. The van der Waals surface area contributed by atoms with Crippen LogP contribution in [-0.4, -0.2) is 13.4 Å². The first kappa shape index (κ1) is 10.7. The van der Waals surface area contributed by atoms with Crippen molar-refractivity contribution in [3.8, 4) is 5.75 Å². The molecule has 0 aliphatic heterocycles. The molecule has 0 amide bonds. The van der Waals surface area contributed by atoms with Crippen molar-refractivity contribution in [1.29, 1.82) is 0 Å². The maximum atomic E-state index is 11.1. The first-order valence-electron chi connectivity index (χ1n) is 5.21. The van der Waals surface area contributed by atoms with E-state index in [9.17, 15) is 4.79 Å². The molecule has 0 heterocycles. The first-order chi connectivity index (χ1) is 7.70. The SMILES string of the molecule is COc1c(C)c(C=O)c(C)c2ccccc12. The summed E-state index contributed by atoms with van der Waals surface area (Å²) >= 11 is 0. The quantitative estimate of drug-likeness (QED) is 0.717. The van der Waals surface area contributed by atoms with Crippen LogP contribution in [0.2, 0.25) is 0 Å². The van der Waals surface area contributed by atoms with Crippen molar-refractivity contribution in [1.82, 2.24) is 0 Å². The molecule has 82 valence electrons. The van der Waals surface area contributed by atoms with Crippen LogP contribution in [0.4, 0.5) is 0 Å². The largest absolute Gasteiger partial charge is 0.496 e. The lowest BCUT2D eigenvalue weighted by molar-refractivity contribution is 0.112. The molecule has 2 aromatic carbocycles. The van der Waals surface area contributed by atoms with Gasteiger partial charge in [0.05, 0.1) is 7.11 Å². The topological polar surface area (TPSA) is 26.3 Å². The highest BCUT2D eigenvalue weighted by Crippen LogP contribution is 2.34. The fraction of sp³-hybridized carbons (Fsp3) is 0.214. The number of ether oxygens (including phenoxy) is 1. The van der Waals surface area contributed by atoms with Gasteiger partial charge in [-0.25, -0.2) is 0 Å². The maximum Gasteiger partial charge on any atom is 0.150 e. The highest BCUT2D eigenvalue weighted by Gasteiger charge is 2.13. The summed E-state index contributed by atoms with van der Waals surface area (Å²) in [4.78, 5) is 11.1. The van der Waals surface area contributed by atoms with Gasteiger partial charge < -0.3 is 4.74 Å². The van der Waals surface area contributed by atoms with Crippen LogP contribution in [0.25, 0.3) is 10.8 Å². The Kier molecular flexibility index (Phi) is 2.65. The molecule has 0 spiro atoms. The van der Waals surface area contributed by atoms with Gasteiger partial charge in [0, 0.05) is 16.5 Å². The van der Waals surface area contributed by atoms with Gasteiger partial charge in [-0.1, -0.05) is 24.3 Å². The Hall–Kier alpha value is -1.83. The molecule has 0 fully saturated rings. The van der Waals surface area contributed by atoms with E-state index in [2.05, 4.69) is 0 Å². The highest BCUT2D eigenvalue weighted by atomic mass is 16.5. The Balaban J connectivity index is 2.99. The van der Waals surface area contributed by atoms with Crippen LogP contribution in [-0.2, 0) is 0 Å². The smallest absolute Gasteiger partial charge is 0.150 e. The van der Waals surface area contributed by atoms with Gasteiger partial charge in [0.15, 0.2) is 6.29 Å². The van der Waals surface area contributed by atoms with E-state index < -0.39 is 0 Å². The molecule has 2 heteroatoms. The van der Waals surface area contributed by atoms with Crippen molar-refractivity contribution in [2.24, 2.45) is 0 Å². The summed E-state index contributed by atoms with van der Waals surface area (Å²) in [6, 6.07) is 7.98. The third-order valence-corrected chi connectivity index (χ3v) is 3.05. The zero-order valence-electron chi connectivity index (χ0n) is 9.70. The number of fused-ring (bicyclic) bond motifs is 1. The minimum absolute atomic E-state index is 0.732. The molecule has 0 saturated carbocycles. The van der Waals surface area contributed by atoms with Crippen molar-refractivity contribution in [2.75, 3.05) is 7.11 Å². The van der Waals surface area contributed by atoms with Crippen molar-refractivity contribution in [3.05, 3.63) is 41.0 Å². The average molecular weight is 214 g/mol. The Labute approximate surface area is 94.8 Å². The van der Waals surface area contributed by atoms with Crippen molar-refractivity contribution in [2.45, 2.75) is 13.8 Å².